The minimum Gasteiger partial charge on any atom is -0.493 e. The monoisotopic (exact) mass is 418 g/mol. The summed E-state index contributed by atoms with van der Waals surface area (Å²) in [4.78, 5) is 12.0. The Bertz CT molecular complexity index is 1020. The highest BCUT2D eigenvalue weighted by molar-refractivity contribution is 5.83. The van der Waals surface area contributed by atoms with Crippen LogP contribution >= 0.6 is 0 Å². The predicted octanol–water partition coefficient (Wildman–Crippen LogP) is 4.37. The van der Waals surface area contributed by atoms with Crippen molar-refractivity contribution in [1.29, 1.82) is 0 Å². The number of rotatable bonds is 10. The maximum atomic E-state index is 12.0. The van der Waals surface area contributed by atoms with Crippen LogP contribution in [-0.4, -0.2) is 25.8 Å². The highest BCUT2D eigenvalue weighted by atomic mass is 16.5. The van der Waals surface area contributed by atoms with E-state index in [1.54, 1.807) is 19.4 Å². The molecule has 0 fully saturated rings. The lowest BCUT2D eigenvalue weighted by atomic mass is 10.1. The number of carbonyl (C=O) groups is 1. The maximum Gasteiger partial charge on any atom is 0.277 e. The normalized spacial score (nSPS) is 10.6. The fourth-order valence-corrected chi connectivity index (χ4v) is 2.91. The van der Waals surface area contributed by atoms with E-state index in [1.807, 2.05) is 73.7 Å². The van der Waals surface area contributed by atoms with Crippen molar-refractivity contribution in [2.45, 2.75) is 20.0 Å². The molecule has 3 aromatic carbocycles. The Morgan fingerprint density at radius 3 is 2.48 bits per heavy atom. The number of aryl methyl sites for hydroxylation is 1. The molecule has 160 valence electrons. The number of hydrogen-bond acceptors (Lipinski definition) is 5. The van der Waals surface area contributed by atoms with Crippen LogP contribution in [0.1, 0.15) is 23.6 Å². The third-order valence-corrected chi connectivity index (χ3v) is 4.54. The third-order valence-electron chi connectivity index (χ3n) is 4.54. The maximum absolute atomic E-state index is 12.0. The SMILES string of the molecule is CCc1ccccc1OCC(=O)N/N=C/c1ccc(OCc2ccccc2)c(OC)c1. The molecule has 0 heterocycles. The van der Waals surface area contributed by atoms with Crippen molar-refractivity contribution in [1.82, 2.24) is 5.43 Å². The van der Waals surface area contributed by atoms with Crippen LogP contribution in [0, 0.1) is 0 Å². The van der Waals surface area contributed by atoms with Gasteiger partial charge in [-0.3, -0.25) is 4.79 Å². The molecular formula is C25H26N2O4. The van der Waals surface area contributed by atoms with Gasteiger partial charge >= 0.3 is 0 Å². The van der Waals surface area contributed by atoms with Crippen LogP contribution in [0.4, 0.5) is 0 Å². The lowest BCUT2D eigenvalue weighted by Gasteiger charge is -2.11. The molecule has 0 unspecified atom stereocenters. The summed E-state index contributed by atoms with van der Waals surface area (Å²) in [5, 5.41) is 3.99. The van der Waals surface area contributed by atoms with Crippen molar-refractivity contribution in [2.75, 3.05) is 13.7 Å². The number of hydrazone groups is 1. The van der Waals surface area contributed by atoms with Crippen LogP contribution in [0.3, 0.4) is 0 Å². The van der Waals surface area contributed by atoms with Crippen LogP contribution in [0.25, 0.3) is 0 Å². The van der Waals surface area contributed by atoms with Gasteiger partial charge in [-0.1, -0.05) is 55.5 Å². The summed E-state index contributed by atoms with van der Waals surface area (Å²) in [5.74, 6) is 1.60. The third kappa shape index (κ3) is 6.60. The number of hydrogen-bond donors (Lipinski definition) is 1. The van der Waals surface area contributed by atoms with Gasteiger partial charge in [0, 0.05) is 0 Å². The summed E-state index contributed by atoms with van der Waals surface area (Å²) in [6.45, 7) is 2.38. The molecule has 6 heteroatoms. The van der Waals surface area contributed by atoms with Gasteiger partial charge in [0.2, 0.25) is 0 Å². The molecule has 1 amide bonds. The summed E-state index contributed by atoms with van der Waals surface area (Å²) in [6, 6.07) is 23.0. The van der Waals surface area contributed by atoms with Gasteiger partial charge in [-0.2, -0.15) is 5.10 Å². The van der Waals surface area contributed by atoms with Gasteiger partial charge in [-0.05, 0) is 47.4 Å². The molecule has 0 saturated carbocycles. The quantitative estimate of drug-likeness (QED) is 0.392. The molecule has 0 atom stereocenters. The van der Waals surface area contributed by atoms with Crippen LogP contribution in [0.15, 0.2) is 77.9 Å². The smallest absolute Gasteiger partial charge is 0.277 e. The van der Waals surface area contributed by atoms with E-state index in [4.69, 9.17) is 14.2 Å². The molecule has 0 aliphatic rings. The van der Waals surface area contributed by atoms with Gasteiger partial charge in [-0.25, -0.2) is 5.43 Å². The Labute approximate surface area is 182 Å². The first-order valence-corrected chi connectivity index (χ1v) is 10.1. The van der Waals surface area contributed by atoms with Gasteiger partial charge < -0.3 is 14.2 Å². The Hall–Kier alpha value is -3.80. The number of nitrogens with zero attached hydrogens (tertiary/aromatic N) is 1. The largest absolute Gasteiger partial charge is 0.493 e. The number of methoxy groups -OCH3 is 1. The summed E-state index contributed by atoms with van der Waals surface area (Å²) < 4.78 is 16.9. The highest BCUT2D eigenvalue weighted by Crippen LogP contribution is 2.28. The predicted molar refractivity (Wildman–Crippen MR) is 121 cm³/mol. The van der Waals surface area contributed by atoms with E-state index in [2.05, 4.69) is 10.5 Å². The second kappa shape index (κ2) is 11.4. The molecule has 31 heavy (non-hydrogen) atoms. The molecular weight excluding hydrogens is 392 g/mol. The zero-order chi connectivity index (χ0) is 21.9. The minimum atomic E-state index is -0.336. The summed E-state index contributed by atoms with van der Waals surface area (Å²) in [6.07, 6.45) is 2.38. The fourth-order valence-electron chi connectivity index (χ4n) is 2.91. The Morgan fingerprint density at radius 2 is 1.71 bits per heavy atom. The zero-order valence-corrected chi connectivity index (χ0v) is 17.7. The molecule has 0 saturated heterocycles. The molecule has 0 radical (unpaired) electrons. The summed E-state index contributed by atoms with van der Waals surface area (Å²) in [7, 11) is 1.58. The first-order valence-electron chi connectivity index (χ1n) is 10.1. The van der Waals surface area contributed by atoms with E-state index in [-0.39, 0.29) is 12.5 Å². The summed E-state index contributed by atoms with van der Waals surface area (Å²) in [5.41, 5.74) is 5.36. The van der Waals surface area contributed by atoms with Crippen molar-refractivity contribution < 1.29 is 19.0 Å². The van der Waals surface area contributed by atoms with E-state index < -0.39 is 0 Å². The number of carbonyl (C=O) groups excluding carboxylic acids is 1. The first-order chi connectivity index (χ1) is 15.2. The number of amides is 1. The van der Waals surface area contributed by atoms with Crippen molar-refractivity contribution in [3.63, 3.8) is 0 Å². The van der Waals surface area contributed by atoms with E-state index in [0.717, 1.165) is 23.1 Å². The lowest BCUT2D eigenvalue weighted by Crippen LogP contribution is -2.24. The van der Waals surface area contributed by atoms with Crippen molar-refractivity contribution in [3.05, 3.63) is 89.5 Å². The van der Waals surface area contributed by atoms with Gasteiger partial charge in [0.25, 0.3) is 5.91 Å². The van der Waals surface area contributed by atoms with Crippen LogP contribution in [0.2, 0.25) is 0 Å². The topological polar surface area (TPSA) is 69.2 Å². The van der Waals surface area contributed by atoms with Crippen LogP contribution < -0.4 is 19.6 Å². The highest BCUT2D eigenvalue weighted by Gasteiger charge is 2.07. The standard InChI is InChI=1S/C25H26N2O4/c1-3-21-11-7-8-12-22(21)31-18-25(28)27-26-16-20-13-14-23(24(15-20)29-2)30-17-19-9-5-4-6-10-19/h4-16H,3,17-18H2,1-2H3,(H,27,28)/b26-16+. The molecule has 0 aliphatic heterocycles. The number of benzene rings is 3. The molecule has 0 aromatic heterocycles. The van der Waals surface area contributed by atoms with E-state index in [9.17, 15) is 4.79 Å². The van der Waals surface area contributed by atoms with Gasteiger partial charge in [0.05, 0.1) is 13.3 Å². The molecule has 0 spiro atoms. The van der Waals surface area contributed by atoms with Crippen molar-refractivity contribution >= 4 is 12.1 Å². The van der Waals surface area contributed by atoms with Gasteiger partial charge in [0.1, 0.15) is 12.4 Å². The number of para-hydroxylation sites is 1. The molecule has 1 N–H and O–H groups in total. The molecule has 3 rings (SSSR count). The van der Waals surface area contributed by atoms with Crippen LogP contribution in [0.5, 0.6) is 17.2 Å². The molecule has 6 nitrogen and oxygen atoms in total. The van der Waals surface area contributed by atoms with Crippen molar-refractivity contribution in [3.8, 4) is 17.2 Å². The van der Waals surface area contributed by atoms with E-state index in [1.165, 1.54) is 0 Å². The van der Waals surface area contributed by atoms with Crippen LogP contribution in [-0.2, 0) is 17.8 Å². The van der Waals surface area contributed by atoms with Gasteiger partial charge in [-0.15, -0.1) is 0 Å². The Kier molecular flexibility index (Phi) is 8.05. The second-order valence-electron chi connectivity index (χ2n) is 6.73. The molecule has 3 aromatic rings. The molecule has 0 bridgehead atoms. The average molecular weight is 418 g/mol. The zero-order valence-electron chi connectivity index (χ0n) is 17.7. The Morgan fingerprint density at radius 1 is 0.935 bits per heavy atom. The first kappa shape index (κ1) is 21.9. The lowest BCUT2D eigenvalue weighted by molar-refractivity contribution is -0.123. The molecule has 0 aliphatic carbocycles. The van der Waals surface area contributed by atoms with E-state index >= 15 is 0 Å². The average Bonchev–Trinajstić information content (AvgIpc) is 2.82. The number of nitrogens with one attached hydrogen (secondary N) is 1. The summed E-state index contributed by atoms with van der Waals surface area (Å²) >= 11 is 0. The van der Waals surface area contributed by atoms with Gasteiger partial charge in [0.15, 0.2) is 18.1 Å². The fraction of sp³-hybridized carbons (Fsp3) is 0.200. The minimum absolute atomic E-state index is 0.107. The second-order valence-corrected chi connectivity index (χ2v) is 6.73. The van der Waals surface area contributed by atoms with Crippen molar-refractivity contribution in [2.24, 2.45) is 5.10 Å². The van der Waals surface area contributed by atoms with E-state index in [0.29, 0.717) is 23.9 Å². The number of ether oxygens (including phenoxy) is 3. The Balaban J connectivity index is 1.52.